The monoisotopic (exact) mass is 413 g/mol. The van der Waals surface area contributed by atoms with E-state index in [4.69, 9.17) is 9.84 Å². The SMILES string of the molecule is CCOC(=O)C(CO)NC(=O)c1sc(Br)c(Br)c1C. The van der Waals surface area contributed by atoms with Crippen molar-refractivity contribution < 1.29 is 19.4 Å². The molecule has 1 aromatic rings. The van der Waals surface area contributed by atoms with Crippen molar-refractivity contribution in [2.45, 2.75) is 19.9 Å². The van der Waals surface area contributed by atoms with Crippen LogP contribution in [0.2, 0.25) is 0 Å². The van der Waals surface area contributed by atoms with Gasteiger partial charge in [-0.25, -0.2) is 4.79 Å². The standard InChI is InChI=1S/C11H13Br2NO4S/c1-3-18-11(17)6(4-15)14-10(16)8-5(2)7(12)9(13)19-8/h6,15H,3-4H2,1-2H3,(H,14,16). The average Bonchev–Trinajstić information content (AvgIpc) is 2.63. The first-order valence-electron chi connectivity index (χ1n) is 5.45. The Morgan fingerprint density at radius 1 is 1.47 bits per heavy atom. The van der Waals surface area contributed by atoms with Crippen LogP contribution in [0.15, 0.2) is 8.26 Å². The number of rotatable bonds is 5. The zero-order chi connectivity index (χ0) is 14.6. The van der Waals surface area contributed by atoms with Gasteiger partial charge in [-0.1, -0.05) is 0 Å². The first-order valence-corrected chi connectivity index (χ1v) is 7.85. The van der Waals surface area contributed by atoms with Crippen LogP contribution in [0.5, 0.6) is 0 Å². The van der Waals surface area contributed by atoms with Crippen LogP contribution in [0.1, 0.15) is 22.2 Å². The van der Waals surface area contributed by atoms with Crippen molar-refractivity contribution >= 4 is 55.1 Å². The Hall–Kier alpha value is -0.440. The number of hydrogen-bond acceptors (Lipinski definition) is 5. The van der Waals surface area contributed by atoms with Gasteiger partial charge in [0, 0.05) is 4.47 Å². The van der Waals surface area contributed by atoms with Crippen LogP contribution in [0.25, 0.3) is 0 Å². The quantitative estimate of drug-likeness (QED) is 0.724. The molecule has 0 aromatic carbocycles. The van der Waals surface area contributed by atoms with E-state index in [2.05, 4.69) is 37.2 Å². The van der Waals surface area contributed by atoms with Gasteiger partial charge in [0.1, 0.15) is 0 Å². The first-order chi connectivity index (χ1) is 8.92. The molecule has 0 saturated heterocycles. The van der Waals surface area contributed by atoms with Crippen molar-refractivity contribution in [3.8, 4) is 0 Å². The predicted octanol–water partition coefficient (Wildman–Crippen LogP) is 2.24. The molecule has 0 bridgehead atoms. The van der Waals surface area contributed by atoms with Crippen molar-refractivity contribution in [3.63, 3.8) is 0 Å². The number of halogens is 2. The predicted molar refractivity (Wildman–Crippen MR) is 79.4 cm³/mol. The third kappa shape index (κ3) is 4.01. The lowest BCUT2D eigenvalue weighted by molar-refractivity contribution is -0.146. The van der Waals surface area contributed by atoms with Gasteiger partial charge in [-0.05, 0) is 51.3 Å². The Balaban J connectivity index is 2.83. The lowest BCUT2D eigenvalue weighted by Gasteiger charge is -2.14. The number of thiophene rings is 1. The zero-order valence-electron chi connectivity index (χ0n) is 10.3. The van der Waals surface area contributed by atoms with Crippen molar-refractivity contribution in [2.24, 2.45) is 0 Å². The molecule has 0 saturated carbocycles. The highest BCUT2D eigenvalue weighted by Crippen LogP contribution is 2.36. The third-order valence-electron chi connectivity index (χ3n) is 2.30. The highest BCUT2D eigenvalue weighted by molar-refractivity contribution is 9.13. The second kappa shape index (κ2) is 7.37. The number of hydrogen-bond donors (Lipinski definition) is 2. The summed E-state index contributed by atoms with van der Waals surface area (Å²) in [5.41, 5.74) is 0.773. The number of amides is 1. The van der Waals surface area contributed by atoms with E-state index in [0.29, 0.717) is 4.88 Å². The van der Waals surface area contributed by atoms with E-state index in [1.165, 1.54) is 11.3 Å². The summed E-state index contributed by atoms with van der Waals surface area (Å²) in [5.74, 6) is -1.06. The van der Waals surface area contributed by atoms with E-state index in [1.807, 2.05) is 0 Å². The number of esters is 1. The van der Waals surface area contributed by atoms with Gasteiger partial charge < -0.3 is 15.2 Å². The number of aliphatic hydroxyl groups is 1. The molecule has 2 N–H and O–H groups in total. The largest absolute Gasteiger partial charge is 0.464 e. The molecule has 0 spiro atoms. The molecule has 0 aliphatic heterocycles. The molecule has 1 atom stereocenters. The summed E-state index contributed by atoms with van der Waals surface area (Å²) >= 11 is 7.92. The summed E-state index contributed by atoms with van der Waals surface area (Å²) in [5, 5.41) is 11.6. The smallest absolute Gasteiger partial charge is 0.331 e. The Kier molecular flexibility index (Phi) is 6.45. The fourth-order valence-electron chi connectivity index (χ4n) is 1.32. The maximum atomic E-state index is 12.0. The second-order valence-electron chi connectivity index (χ2n) is 3.60. The number of ether oxygens (including phenoxy) is 1. The molecule has 0 aliphatic carbocycles. The Labute approximate surface area is 131 Å². The molecular formula is C11H13Br2NO4S. The molecule has 0 radical (unpaired) electrons. The molecule has 1 heterocycles. The number of nitrogens with one attached hydrogen (secondary N) is 1. The van der Waals surface area contributed by atoms with E-state index in [0.717, 1.165) is 13.8 Å². The molecule has 1 rings (SSSR count). The van der Waals surface area contributed by atoms with Crippen LogP contribution in [-0.4, -0.2) is 36.2 Å². The molecular weight excluding hydrogens is 402 g/mol. The van der Waals surface area contributed by atoms with Gasteiger partial charge in [-0.2, -0.15) is 0 Å². The summed E-state index contributed by atoms with van der Waals surface area (Å²) in [4.78, 5) is 24.0. The Morgan fingerprint density at radius 2 is 2.11 bits per heavy atom. The lowest BCUT2D eigenvalue weighted by atomic mass is 10.2. The minimum atomic E-state index is -1.05. The highest BCUT2D eigenvalue weighted by atomic mass is 79.9. The van der Waals surface area contributed by atoms with Crippen molar-refractivity contribution in [3.05, 3.63) is 18.7 Å². The van der Waals surface area contributed by atoms with Crippen LogP contribution in [0.4, 0.5) is 0 Å². The van der Waals surface area contributed by atoms with Crippen LogP contribution < -0.4 is 5.32 Å². The third-order valence-corrected chi connectivity index (χ3v) is 6.05. The summed E-state index contributed by atoms with van der Waals surface area (Å²) in [6.07, 6.45) is 0. The summed E-state index contributed by atoms with van der Waals surface area (Å²) in [6.45, 7) is 3.14. The van der Waals surface area contributed by atoms with Gasteiger partial charge in [0.2, 0.25) is 0 Å². The highest BCUT2D eigenvalue weighted by Gasteiger charge is 2.24. The van der Waals surface area contributed by atoms with Crippen molar-refractivity contribution in [2.75, 3.05) is 13.2 Å². The minimum Gasteiger partial charge on any atom is -0.464 e. The molecule has 0 aliphatic rings. The topological polar surface area (TPSA) is 75.6 Å². The van der Waals surface area contributed by atoms with Gasteiger partial charge in [0.05, 0.1) is 21.9 Å². The first kappa shape index (κ1) is 16.6. The van der Waals surface area contributed by atoms with E-state index in [1.54, 1.807) is 13.8 Å². The summed E-state index contributed by atoms with van der Waals surface area (Å²) in [6, 6.07) is -1.05. The number of carbonyl (C=O) groups is 2. The number of aliphatic hydroxyl groups excluding tert-OH is 1. The van der Waals surface area contributed by atoms with E-state index < -0.39 is 24.5 Å². The van der Waals surface area contributed by atoms with E-state index in [-0.39, 0.29) is 6.61 Å². The van der Waals surface area contributed by atoms with Crippen molar-refractivity contribution in [1.29, 1.82) is 0 Å². The minimum absolute atomic E-state index is 0.195. The fourth-order valence-corrected chi connectivity index (χ4v) is 3.50. The van der Waals surface area contributed by atoms with Crippen LogP contribution >= 0.6 is 43.2 Å². The molecule has 106 valence electrons. The molecule has 5 nitrogen and oxygen atoms in total. The van der Waals surface area contributed by atoms with Crippen LogP contribution in [0.3, 0.4) is 0 Å². The lowest BCUT2D eigenvalue weighted by Crippen LogP contribution is -2.44. The molecule has 19 heavy (non-hydrogen) atoms. The average molecular weight is 415 g/mol. The molecule has 0 fully saturated rings. The number of carbonyl (C=O) groups excluding carboxylic acids is 2. The summed E-state index contributed by atoms with van der Waals surface area (Å²) in [7, 11) is 0. The van der Waals surface area contributed by atoms with Gasteiger partial charge in [-0.15, -0.1) is 11.3 Å². The van der Waals surface area contributed by atoms with Gasteiger partial charge in [-0.3, -0.25) is 4.79 Å². The van der Waals surface area contributed by atoms with Crippen LogP contribution in [-0.2, 0) is 9.53 Å². The molecule has 1 amide bonds. The fraction of sp³-hybridized carbons (Fsp3) is 0.455. The maximum Gasteiger partial charge on any atom is 0.331 e. The van der Waals surface area contributed by atoms with Crippen LogP contribution in [0, 0.1) is 6.92 Å². The summed E-state index contributed by atoms with van der Waals surface area (Å²) < 4.78 is 6.36. The van der Waals surface area contributed by atoms with Gasteiger partial charge >= 0.3 is 5.97 Å². The normalized spacial score (nSPS) is 12.1. The second-order valence-corrected chi connectivity index (χ2v) is 6.74. The Morgan fingerprint density at radius 3 is 2.53 bits per heavy atom. The molecule has 1 unspecified atom stereocenters. The molecule has 1 aromatic heterocycles. The van der Waals surface area contributed by atoms with Crippen molar-refractivity contribution in [1.82, 2.24) is 5.32 Å². The Bertz CT molecular complexity index is 489. The van der Waals surface area contributed by atoms with Gasteiger partial charge in [0.15, 0.2) is 6.04 Å². The van der Waals surface area contributed by atoms with E-state index >= 15 is 0 Å². The van der Waals surface area contributed by atoms with Gasteiger partial charge in [0.25, 0.3) is 5.91 Å². The van der Waals surface area contributed by atoms with E-state index in [9.17, 15) is 9.59 Å². The molecule has 8 heteroatoms. The maximum absolute atomic E-state index is 12.0. The zero-order valence-corrected chi connectivity index (χ0v) is 14.3.